The van der Waals surface area contributed by atoms with Gasteiger partial charge in [-0.2, -0.15) is 0 Å². The monoisotopic (exact) mass is 1100 g/mol. The minimum Gasteiger partial charge on any atom is -0.445 e. The molecule has 1 aliphatic heterocycles. The summed E-state index contributed by atoms with van der Waals surface area (Å²) in [4.78, 5) is 116. The van der Waals surface area contributed by atoms with Gasteiger partial charge in [0.05, 0.1) is 17.6 Å². The van der Waals surface area contributed by atoms with E-state index in [2.05, 4.69) is 54.1 Å². The van der Waals surface area contributed by atoms with Crippen molar-refractivity contribution in [2.24, 2.45) is 22.4 Å². The van der Waals surface area contributed by atoms with Crippen LogP contribution in [0.2, 0.25) is 0 Å². The Hall–Kier alpha value is -8.62. The van der Waals surface area contributed by atoms with E-state index in [-0.39, 0.29) is 68.9 Å². The van der Waals surface area contributed by atoms with Gasteiger partial charge < -0.3 is 58.3 Å². The lowest BCUT2D eigenvalue weighted by molar-refractivity contribution is -0.132. The van der Waals surface area contributed by atoms with Crippen molar-refractivity contribution >= 4 is 76.5 Å². The number of pyridine rings is 1. The summed E-state index contributed by atoms with van der Waals surface area (Å²) in [5.41, 5.74) is 16.1. The highest BCUT2D eigenvalue weighted by atomic mass is 16.5. The molecule has 21 nitrogen and oxygen atoms in total. The number of urea groups is 1. The van der Waals surface area contributed by atoms with Crippen molar-refractivity contribution in [3.05, 3.63) is 125 Å². The van der Waals surface area contributed by atoms with Crippen molar-refractivity contribution < 1.29 is 43.1 Å². The lowest BCUT2D eigenvalue weighted by Gasteiger charge is -2.25. The molecule has 0 radical (unpaired) electrons. The second kappa shape index (κ2) is 32.3. The van der Waals surface area contributed by atoms with Crippen LogP contribution in [0.5, 0.6) is 0 Å². The molecule has 9 amide bonds. The number of nitrogens with one attached hydrogen (secondary N) is 7. The van der Waals surface area contributed by atoms with E-state index in [0.29, 0.717) is 70.8 Å². The number of nitrogens with zero attached hydrogens (tertiary/aromatic N) is 3. The van der Waals surface area contributed by atoms with E-state index in [0.717, 1.165) is 37.7 Å². The molecular formula is C59H78N12O9. The molecule has 1 aromatic heterocycles. The van der Waals surface area contributed by atoms with Gasteiger partial charge in [0.1, 0.15) is 30.6 Å². The summed E-state index contributed by atoms with van der Waals surface area (Å²) < 4.78 is 5.54. The smallest absolute Gasteiger partial charge is 0.408 e. The van der Waals surface area contributed by atoms with Crippen LogP contribution in [0.4, 0.5) is 26.7 Å². The molecule has 428 valence electrons. The molecule has 1 aliphatic rings. The normalized spacial score (nSPS) is 12.9. The average molecular weight is 1100 g/mol. The largest absolute Gasteiger partial charge is 0.445 e. The van der Waals surface area contributed by atoms with Gasteiger partial charge in [-0.1, -0.05) is 102 Å². The number of anilines is 2. The predicted molar refractivity (Wildman–Crippen MR) is 308 cm³/mol. The van der Waals surface area contributed by atoms with Crippen LogP contribution in [0.25, 0.3) is 6.08 Å². The van der Waals surface area contributed by atoms with Crippen LogP contribution in [0, 0.1) is 5.92 Å². The Kier molecular flexibility index (Phi) is 25.1. The number of unbranched alkanes of at least 4 members (excludes halogenated alkanes) is 3. The molecule has 21 heteroatoms. The number of hydrogen-bond acceptors (Lipinski definition) is 12. The molecule has 0 saturated heterocycles. The first-order valence-corrected chi connectivity index (χ1v) is 27.5. The zero-order chi connectivity index (χ0) is 58.0. The van der Waals surface area contributed by atoms with Crippen molar-refractivity contribution in [1.29, 1.82) is 0 Å². The maximum atomic E-state index is 13.8. The first-order chi connectivity index (χ1) is 38.5. The minimum atomic E-state index is -1.05. The first kappa shape index (κ1) is 62.2. The molecule has 0 fully saturated rings. The third-order valence-corrected chi connectivity index (χ3v) is 12.9. The zero-order valence-electron chi connectivity index (χ0n) is 46.5. The summed E-state index contributed by atoms with van der Waals surface area (Å²) in [5.74, 6) is -2.34. The number of amidine groups is 1. The maximum absolute atomic E-state index is 13.8. The van der Waals surface area contributed by atoms with E-state index in [1.54, 1.807) is 74.7 Å². The number of alkyl carbamates (subject to hydrolysis) is 1. The molecule has 4 aromatic rings. The Bertz CT molecular complexity index is 2820. The van der Waals surface area contributed by atoms with Gasteiger partial charge in [0.15, 0.2) is 0 Å². The molecule has 5 rings (SSSR count). The van der Waals surface area contributed by atoms with Gasteiger partial charge in [0, 0.05) is 74.0 Å². The number of carbonyl (C=O) groups is 8. The highest BCUT2D eigenvalue weighted by Gasteiger charge is 2.29. The van der Waals surface area contributed by atoms with Crippen molar-refractivity contribution in [3.8, 4) is 0 Å². The van der Waals surface area contributed by atoms with Crippen molar-refractivity contribution in [2.75, 3.05) is 30.3 Å². The number of primary amides is 1. The fourth-order valence-corrected chi connectivity index (χ4v) is 8.74. The molecular weight excluding hydrogens is 1020 g/mol. The molecule has 0 aliphatic carbocycles. The number of aromatic nitrogens is 1. The summed E-state index contributed by atoms with van der Waals surface area (Å²) in [6, 6.07) is 18.6. The second-order valence-corrected chi connectivity index (χ2v) is 20.0. The molecule has 80 heavy (non-hydrogen) atoms. The summed E-state index contributed by atoms with van der Waals surface area (Å²) in [7, 11) is 0. The molecule has 2 heterocycles. The average Bonchev–Trinajstić information content (AvgIpc) is 3.65. The fourth-order valence-electron chi connectivity index (χ4n) is 8.74. The summed E-state index contributed by atoms with van der Waals surface area (Å²) in [5, 5.41) is 19.3. The highest BCUT2D eigenvalue weighted by molar-refractivity contribution is 6.08. The number of hydrogen-bond donors (Lipinski definition) is 9. The van der Waals surface area contributed by atoms with Crippen molar-refractivity contribution in [3.63, 3.8) is 0 Å². The number of benzene rings is 3. The minimum absolute atomic E-state index is 0.00413. The topological polar surface area (TPSA) is 311 Å². The maximum Gasteiger partial charge on any atom is 0.408 e. The highest BCUT2D eigenvalue weighted by Crippen LogP contribution is 2.29. The third-order valence-electron chi connectivity index (χ3n) is 12.9. The van der Waals surface area contributed by atoms with Gasteiger partial charge in [-0.25, -0.2) is 14.6 Å². The predicted octanol–water partition coefficient (Wildman–Crippen LogP) is 6.90. The van der Waals surface area contributed by atoms with E-state index in [1.165, 1.54) is 6.20 Å². The van der Waals surface area contributed by atoms with E-state index < -0.39 is 53.9 Å². The Morgan fingerprint density at radius 1 is 0.700 bits per heavy atom. The number of nitrogens with two attached hydrogens (primary N) is 2. The Labute approximate surface area is 468 Å². The van der Waals surface area contributed by atoms with Crippen LogP contribution in [-0.4, -0.2) is 101 Å². The summed E-state index contributed by atoms with van der Waals surface area (Å²) in [6.07, 6.45) is 10.3. The number of amides is 9. The molecule has 11 N–H and O–H groups in total. The lowest BCUT2D eigenvalue weighted by atomic mass is 10.0. The number of rotatable bonds is 30. The first-order valence-electron chi connectivity index (χ1n) is 27.5. The van der Waals surface area contributed by atoms with Gasteiger partial charge in [-0.15, -0.1) is 0 Å². The molecule has 0 spiro atoms. The fraction of sp³-hybridized carbons (Fsp3) is 0.424. The van der Waals surface area contributed by atoms with Gasteiger partial charge in [-0.3, -0.25) is 33.8 Å². The summed E-state index contributed by atoms with van der Waals surface area (Å²) in [6.45, 7) is 11.0. The van der Waals surface area contributed by atoms with Crippen LogP contribution in [0.1, 0.15) is 131 Å². The number of aliphatic imine (C=N–C) groups is 1. The Morgan fingerprint density at radius 3 is 2.12 bits per heavy atom. The van der Waals surface area contributed by atoms with Gasteiger partial charge in [0.2, 0.25) is 29.5 Å². The van der Waals surface area contributed by atoms with Crippen LogP contribution in [-0.2, 0) is 48.3 Å². The van der Waals surface area contributed by atoms with Gasteiger partial charge in [-0.05, 0) is 91.1 Å². The van der Waals surface area contributed by atoms with Crippen LogP contribution in [0.3, 0.4) is 0 Å². The second-order valence-electron chi connectivity index (χ2n) is 20.0. The Balaban J connectivity index is 1.17. The molecule has 0 saturated carbocycles. The van der Waals surface area contributed by atoms with Crippen molar-refractivity contribution in [2.45, 2.75) is 137 Å². The van der Waals surface area contributed by atoms with E-state index in [9.17, 15) is 38.4 Å². The molecule has 3 aromatic carbocycles. The zero-order valence-corrected chi connectivity index (χ0v) is 46.5. The molecule has 0 bridgehead atoms. The molecule has 1 unspecified atom stereocenters. The standard InChI is InChI=1S/C59H78N12O9/c1-6-9-10-14-19-51(72)70-52(38(4)5)56(76)68-47(18-15-26-63-58(61)78)55(75)65-45-24-20-40(21-25-45)37-80-59(79)69-49(30-39-16-12-11-13-17-39)54(74)64-35-41-29-46(36-62-34-41)66-53(73)43-23-22-42-31-44(33-50(60)67-48(42)32-43)57(77)71(27-7-2)28-8-3/h11-13,16-17,20-25,29,31-32,34,36,38,47,49,52H,6-10,14-15,18-19,26-28,30,33,35,37H2,1-5H3,(H2,60,67)(H,64,74)(H,65,75)(H,66,73)(H,68,76)(H,69,79)(H,70,72)(H3,61,63,78)/t47-,49?,52-/m0/s1. The van der Waals surface area contributed by atoms with Gasteiger partial charge in [0.25, 0.3) is 5.91 Å². The van der Waals surface area contributed by atoms with Crippen LogP contribution in [0.15, 0.2) is 102 Å². The number of ether oxygens (including phenoxy) is 1. The van der Waals surface area contributed by atoms with E-state index in [4.69, 9.17) is 16.2 Å². The van der Waals surface area contributed by atoms with Gasteiger partial charge >= 0.3 is 12.1 Å². The third kappa shape index (κ3) is 20.6. The SMILES string of the molecule is CCCCCCC(=O)N[C@H](C(=O)N[C@@H](CCCNC(N)=O)C(=O)Nc1ccc(COC(=O)NC(Cc2ccccc2)C(=O)NCc2cncc(NC(=O)c3ccc4c(c3)N=C(N)CC(C(=O)N(CCC)CCC)=C4)c2)cc1)C(C)C. The Morgan fingerprint density at radius 2 is 1.44 bits per heavy atom. The number of carbonyl (C=O) groups excluding carboxylic acids is 8. The number of fused-ring (bicyclic) bond motifs is 1. The van der Waals surface area contributed by atoms with E-state index in [1.807, 2.05) is 49.1 Å². The molecule has 3 atom stereocenters. The lowest BCUT2D eigenvalue weighted by Crippen LogP contribution is -2.54. The summed E-state index contributed by atoms with van der Waals surface area (Å²) >= 11 is 0. The van der Waals surface area contributed by atoms with E-state index >= 15 is 0 Å². The quantitative estimate of drug-likeness (QED) is 0.0242. The van der Waals surface area contributed by atoms with Crippen molar-refractivity contribution in [1.82, 2.24) is 36.5 Å². The van der Waals surface area contributed by atoms with Crippen LogP contribution < -0.4 is 48.7 Å². The van der Waals surface area contributed by atoms with Crippen LogP contribution >= 0.6 is 0 Å².